The molecule has 2 N–H and O–H groups in total. The average molecular weight is 218 g/mol. The van der Waals surface area contributed by atoms with E-state index in [1.807, 2.05) is 30.3 Å². The lowest BCUT2D eigenvalue weighted by Gasteiger charge is -2.09. The molecule has 16 heavy (non-hydrogen) atoms. The maximum atomic E-state index is 11.0. The maximum Gasteiger partial charge on any atom is 0.175 e. The lowest BCUT2D eigenvalue weighted by molar-refractivity contribution is -0.113. The molecule has 1 aromatic carbocycles. The lowest BCUT2D eigenvalue weighted by atomic mass is 10.2. The van der Waals surface area contributed by atoms with Crippen LogP contribution >= 0.6 is 0 Å². The van der Waals surface area contributed by atoms with Crippen molar-refractivity contribution in [3.8, 4) is 0 Å². The fraction of sp³-hybridized carbons (Fsp3) is 0.167. The quantitative estimate of drug-likeness (QED) is 0.451. The van der Waals surface area contributed by atoms with Crippen molar-refractivity contribution >= 4 is 11.6 Å². The van der Waals surface area contributed by atoms with E-state index in [-0.39, 0.29) is 18.2 Å². The number of amidine groups is 1. The highest BCUT2D eigenvalue weighted by molar-refractivity contribution is 6.05. The van der Waals surface area contributed by atoms with Crippen molar-refractivity contribution in [2.45, 2.75) is 6.92 Å². The molecular weight excluding hydrogens is 204 g/mol. The molecule has 0 fully saturated rings. The van der Waals surface area contributed by atoms with Gasteiger partial charge in [0.15, 0.2) is 5.78 Å². The molecule has 0 heterocycles. The van der Waals surface area contributed by atoms with Crippen molar-refractivity contribution in [1.82, 2.24) is 5.32 Å². The number of aliphatic hydroxyl groups is 1. The third-order valence-electron chi connectivity index (χ3n) is 1.97. The first kappa shape index (κ1) is 12.1. The molecule has 0 aliphatic heterocycles. The summed E-state index contributed by atoms with van der Waals surface area (Å²) < 4.78 is 0. The Morgan fingerprint density at radius 3 is 2.56 bits per heavy atom. The molecule has 0 spiro atoms. The number of hydrogen-bond donors (Lipinski definition) is 2. The molecule has 4 heteroatoms. The highest BCUT2D eigenvalue weighted by Gasteiger charge is 2.06. The number of hydrogen-bond acceptors (Lipinski definition) is 3. The molecule has 4 nitrogen and oxygen atoms in total. The summed E-state index contributed by atoms with van der Waals surface area (Å²) in [5, 5.41) is 11.6. The zero-order chi connectivity index (χ0) is 12.0. The van der Waals surface area contributed by atoms with Gasteiger partial charge in [-0.25, -0.2) is 4.99 Å². The Bertz CT molecular complexity index is 410. The number of aliphatic hydroxyl groups excluding tert-OH is 1. The van der Waals surface area contributed by atoms with E-state index in [1.54, 1.807) is 0 Å². The van der Waals surface area contributed by atoms with E-state index in [9.17, 15) is 4.79 Å². The lowest BCUT2D eigenvalue weighted by Crippen LogP contribution is -2.27. The Morgan fingerprint density at radius 2 is 2.06 bits per heavy atom. The molecule has 0 aliphatic carbocycles. The van der Waals surface area contributed by atoms with E-state index in [4.69, 9.17) is 5.11 Å². The van der Waals surface area contributed by atoms with E-state index in [2.05, 4.69) is 16.9 Å². The minimum atomic E-state index is -0.345. The van der Waals surface area contributed by atoms with E-state index < -0.39 is 0 Å². The summed E-state index contributed by atoms with van der Waals surface area (Å²) in [4.78, 5) is 14.9. The molecule has 0 bridgehead atoms. The highest BCUT2D eigenvalue weighted by Crippen LogP contribution is 2.01. The van der Waals surface area contributed by atoms with Gasteiger partial charge in [-0.3, -0.25) is 4.79 Å². The number of allylic oxidation sites excluding steroid dienone is 1. The number of carbonyl (C=O) groups excluding carboxylic acids is 1. The van der Waals surface area contributed by atoms with Gasteiger partial charge in [0.05, 0.1) is 5.70 Å². The maximum absolute atomic E-state index is 11.0. The Labute approximate surface area is 94.3 Å². The summed E-state index contributed by atoms with van der Waals surface area (Å²) in [6.45, 7) is 4.65. The van der Waals surface area contributed by atoms with Gasteiger partial charge >= 0.3 is 0 Å². The number of benzene rings is 1. The number of nitrogens with one attached hydrogen (secondary N) is 1. The van der Waals surface area contributed by atoms with Crippen LogP contribution in [0.1, 0.15) is 12.5 Å². The van der Waals surface area contributed by atoms with Crippen LogP contribution in [-0.2, 0) is 4.79 Å². The second kappa shape index (κ2) is 5.82. The third-order valence-corrected chi connectivity index (χ3v) is 1.97. The minimum absolute atomic E-state index is 0.165. The summed E-state index contributed by atoms with van der Waals surface area (Å²) in [5.74, 6) is 0.268. The molecule has 0 amide bonds. The second-order valence-corrected chi connectivity index (χ2v) is 3.17. The Kier molecular flexibility index (Phi) is 4.42. The van der Waals surface area contributed by atoms with Crippen LogP contribution in [0.2, 0.25) is 0 Å². The molecule has 0 radical (unpaired) electrons. The number of Topliss-reactive ketones (excluding diaryl/α,β-unsaturated/α-hetero) is 1. The normalized spacial score (nSPS) is 11.0. The van der Waals surface area contributed by atoms with Crippen molar-refractivity contribution in [1.29, 1.82) is 0 Å². The van der Waals surface area contributed by atoms with Gasteiger partial charge in [0.25, 0.3) is 0 Å². The van der Waals surface area contributed by atoms with Gasteiger partial charge in [-0.05, 0) is 0 Å². The van der Waals surface area contributed by atoms with Crippen molar-refractivity contribution in [3.05, 3.63) is 48.2 Å². The molecule has 84 valence electrons. The first-order valence-corrected chi connectivity index (χ1v) is 4.82. The first-order valence-electron chi connectivity index (χ1n) is 4.82. The minimum Gasteiger partial charge on any atom is -0.374 e. The Morgan fingerprint density at radius 1 is 1.44 bits per heavy atom. The fourth-order valence-electron chi connectivity index (χ4n) is 1.10. The standard InChI is InChI=1S/C12H14N2O2/c1-9(10(2)16)14-12(13-8-15)11-6-4-3-5-7-11/h3-7,15H,1,8H2,2H3,(H,13,14). The predicted octanol–water partition coefficient (Wildman–Crippen LogP) is 1.08. The highest BCUT2D eigenvalue weighted by atomic mass is 16.3. The molecule has 0 aliphatic rings. The molecule has 0 saturated heterocycles. The van der Waals surface area contributed by atoms with Crippen LogP contribution in [0.4, 0.5) is 0 Å². The zero-order valence-corrected chi connectivity index (χ0v) is 9.10. The Balaban J connectivity index is 2.90. The third kappa shape index (κ3) is 3.33. The summed E-state index contributed by atoms with van der Waals surface area (Å²) in [6, 6.07) is 9.23. The number of rotatable bonds is 4. The van der Waals surface area contributed by atoms with Crippen molar-refractivity contribution in [2.24, 2.45) is 4.99 Å². The van der Waals surface area contributed by atoms with Crippen molar-refractivity contribution in [2.75, 3.05) is 6.73 Å². The largest absolute Gasteiger partial charge is 0.374 e. The van der Waals surface area contributed by atoms with Crippen LogP contribution in [0.15, 0.2) is 47.6 Å². The number of ketones is 1. The van der Waals surface area contributed by atoms with Gasteiger partial charge < -0.3 is 10.4 Å². The van der Waals surface area contributed by atoms with Crippen LogP contribution in [0.25, 0.3) is 0 Å². The molecule has 0 saturated carbocycles. The van der Waals surface area contributed by atoms with Gasteiger partial charge in [0.2, 0.25) is 0 Å². The van der Waals surface area contributed by atoms with Crippen molar-refractivity contribution < 1.29 is 9.90 Å². The second-order valence-electron chi connectivity index (χ2n) is 3.17. The van der Waals surface area contributed by atoms with E-state index in [0.29, 0.717) is 5.84 Å². The molecular formula is C12H14N2O2. The van der Waals surface area contributed by atoms with Crippen LogP contribution in [0, 0.1) is 0 Å². The van der Waals surface area contributed by atoms with Gasteiger partial charge in [0, 0.05) is 12.5 Å². The number of aliphatic imine (C=N–C) groups is 1. The molecule has 0 unspecified atom stereocenters. The van der Waals surface area contributed by atoms with Crippen LogP contribution < -0.4 is 5.32 Å². The molecule has 0 atom stereocenters. The average Bonchev–Trinajstić information content (AvgIpc) is 2.29. The van der Waals surface area contributed by atoms with Gasteiger partial charge in [-0.1, -0.05) is 36.9 Å². The first-order chi connectivity index (χ1) is 7.65. The number of carbonyl (C=O) groups is 1. The molecule has 0 aromatic heterocycles. The SMILES string of the molecule is C=C(NC(=NCO)c1ccccc1)C(C)=O. The molecule has 1 rings (SSSR count). The van der Waals surface area contributed by atoms with Crippen LogP contribution in [0.3, 0.4) is 0 Å². The fourth-order valence-corrected chi connectivity index (χ4v) is 1.10. The van der Waals surface area contributed by atoms with Crippen molar-refractivity contribution in [3.63, 3.8) is 0 Å². The monoisotopic (exact) mass is 218 g/mol. The van der Waals surface area contributed by atoms with E-state index in [1.165, 1.54) is 6.92 Å². The van der Waals surface area contributed by atoms with E-state index >= 15 is 0 Å². The van der Waals surface area contributed by atoms with E-state index in [0.717, 1.165) is 5.56 Å². The van der Waals surface area contributed by atoms with Crippen LogP contribution in [-0.4, -0.2) is 23.5 Å². The summed E-state index contributed by atoms with van der Waals surface area (Å²) >= 11 is 0. The number of nitrogens with zero attached hydrogens (tertiary/aromatic N) is 1. The van der Waals surface area contributed by atoms with Crippen LogP contribution in [0.5, 0.6) is 0 Å². The van der Waals surface area contributed by atoms with Gasteiger partial charge in [-0.15, -0.1) is 0 Å². The van der Waals surface area contributed by atoms with Gasteiger partial charge in [0.1, 0.15) is 12.6 Å². The topological polar surface area (TPSA) is 61.7 Å². The zero-order valence-electron chi connectivity index (χ0n) is 9.10. The smallest absolute Gasteiger partial charge is 0.175 e. The van der Waals surface area contributed by atoms with Gasteiger partial charge in [-0.2, -0.15) is 0 Å². The summed E-state index contributed by atoms with van der Waals surface area (Å²) in [6.07, 6.45) is 0. The summed E-state index contributed by atoms with van der Waals surface area (Å²) in [5.41, 5.74) is 1.04. The molecule has 1 aromatic rings. The predicted molar refractivity (Wildman–Crippen MR) is 63.0 cm³/mol. The summed E-state index contributed by atoms with van der Waals surface area (Å²) in [7, 11) is 0. The Hall–Kier alpha value is -1.94.